The molecule has 106 valence electrons. The summed E-state index contributed by atoms with van der Waals surface area (Å²) in [7, 11) is 0. The van der Waals surface area contributed by atoms with Crippen molar-refractivity contribution in [3.63, 3.8) is 0 Å². The molecular formula is C17H14O4. The summed E-state index contributed by atoms with van der Waals surface area (Å²) < 4.78 is 10.6. The van der Waals surface area contributed by atoms with E-state index in [0.29, 0.717) is 5.75 Å². The highest BCUT2D eigenvalue weighted by Gasteiger charge is 2.31. The van der Waals surface area contributed by atoms with Gasteiger partial charge in [0.05, 0.1) is 0 Å². The number of rotatable bonds is 2. The standard InChI is InChI=1S/C17H14O4/c1-10(18)20-12-7-8-15-16(9-12)13-5-3-4-6-14(13)17(15)21-11(2)19/h3-9,17H,1-2H3. The second kappa shape index (κ2) is 5.05. The third-order valence-corrected chi connectivity index (χ3v) is 3.39. The van der Waals surface area contributed by atoms with Gasteiger partial charge in [0.2, 0.25) is 0 Å². The maximum absolute atomic E-state index is 11.3. The summed E-state index contributed by atoms with van der Waals surface area (Å²) >= 11 is 0. The zero-order valence-corrected chi connectivity index (χ0v) is 11.8. The maximum Gasteiger partial charge on any atom is 0.308 e. The molecule has 0 bridgehead atoms. The molecule has 1 aliphatic rings. The van der Waals surface area contributed by atoms with Crippen LogP contribution in [-0.4, -0.2) is 11.9 Å². The van der Waals surface area contributed by atoms with E-state index in [4.69, 9.17) is 9.47 Å². The molecule has 4 nitrogen and oxygen atoms in total. The third-order valence-electron chi connectivity index (χ3n) is 3.39. The summed E-state index contributed by atoms with van der Waals surface area (Å²) in [6, 6.07) is 13.1. The van der Waals surface area contributed by atoms with E-state index in [1.807, 2.05) is 30.3 Å². The molecule has 1 aliphatic carbocycles. The molecule has 0 fully saturated rings. The fourth-order valence-corrected chi connectivity index (χ4v) is 2.66. The van der Waals surface area contributed by atoms with Gasteiger partial charge >= 0.3 is 11.9 Å². The fourth-order valence-electron chi connectivity index (χ4n) is 2.66. The van der Waals surface area contributed by atoms with Crippen LogP contribution in [0.1, 0.15) is 31.1 Å². The van der Waals surface area contributed by atoms with Crippen molar-refractivity contribution in [1.82, 2.24) is 0 Å². The Morgan fingerprint density at radius 2 is 1.62 bits per heavy atom. The van der Waals surface area contributed by atoms with Gasteiger partial charge in [-0.3, -0.25) is 9.59 Å². The number of carbonyl (C=O) groups is 2. The van der Waals surface area contributed by atoms with Crippen molar-refractivity contribution in [3.05, 3.63) is 53.6 Å². The van der Waals surface area contributed by atoms with Gasteiger partial charge in [-0.1, -0.05) is 30.3 Å². The summed E-state index contributed by atoms with van der Waals surface area (Å²) in [5.41, 5.74) is 3.77. The number of ether oxygens (including phenoxy) is 2. The summed E-state index contributed by atoms with van der Waals surface area (Å²) in [6.45, 7) is 2.76. The van der Waals surface area contributed by atoms with Crippen LogP contribution < -0.4 is 4.74 Å². The van der Waals surface area contributed by atoms with E-state index in [0.717, 1.165) is 22.3 Å². The molecule has 1 atom stereocenters. The van der Waals surface area contributed by atoms with Crippen LogP contribution in [0.4, 0.5) is 0 Å². The Kier molecular flexibility index (Phi) is 3.22. The molecule has 0 saturated carbocycles. The highest BCUT2D eigenvalue weighted by atomic mass is 16.5. The van der Waals surface area contributed by atoms with Crippen LogP contribution in [0.5, 0.6) is 5.75 Å². The van der Waals surface area contributed by atoms with Crippen molar-refractivity contribution in [2.75, 3.05) is 0 Å². The first-order valence-corrected chi connectivity index (χ1v) is 6.65. The number of benzene rings is 2. The van der Waals surface area contributed by atoms with E-state index in [-0.39, 0.29) is 11.9 Å². The van der Waals surface area contributed by atoms with Gasteiger partial charge in [-0.15, -0.1) is 0 Å². The Morgan fingerprint density at radius 1 is 0.905 bits per heavy atom. The molecule has 4 heteroatoms. The molecule has 0 aliphatic heterocycles. The van der Waals surface area contributed by atoms with Crippen LogP contribution in [0.2, 0.25) is 0 Å². The molecule has 3 rings (SSSR count). The van der Waals surface area contributed by atoms with Crippen LogP contribution in [0.15, 0.2) is 42.5 Å². The van der Waals surface area contributed by atoms with Gasteiger partial charge in [-0.05, 0) is 23.3 Å². The first-order valence-electron chi connectivity index (χ1n) is 6.65. The molecule has 0 spiro atoms. The van der Waals surface area contributed by atoms with Crippen molar-refractivity contribution < 1.29 is 19.1 Å². The van der Waals surface area contributed by atoms with Crippen LogP contribution >= 0.6 is 0 Å². The van der Waals surface area contributed by atoms with E-state index in [1.54, 1.807) is 12.1 Å². The normalized spacial score (nSPS) is 15.0. The molecule has 0 saturated heterocycles. The maximum atomic E-state index is 11.3. The summed E-state index contributed by atoms with van der Waals surface area (Å²) in [5.74, 6) is -0.205. The van der Waals surface area contributed by atoms with E-state index < -0.39 is 6.10 Å². The van der Waals surface area contributed by atoms with E-state index in [2.05, 4.69) is 0 Å². The average Bonchev–Trinajstić information content (AvgIpc) is 2.72. The topological polar surface area (TPSA) is 52.6 Å². The first kappa shape index (κ1) is 13.4. The second-order valence-electron chi connectivity index (χ2n) is 4.92. The molecule has 0 N–H and O–H groups in total. The van der Waals surface area contributed by atoms with E-state index >= 15 is 0 Å². The van der Waals surface area contributed by atoms with Gasteiger partial charge in [0.1, 0.15) is 5.75 Å². The summed E-state index contributed by atoms with van der Waals surface area (Å²) in [4.78, 5) is 22.4. The molecule has 2 aromatic carbocycles. The Bertz CT molecular complexity index is 733. The van der Waals surface area contributed by atoms with Gasteiger partial charge in [-0.2, -0.15) is 0 Å². The number of hydrogen-bond donors (Lipinski definition) is 0. The van der Waals surface area contributed by atoms with Crippen molar-refractivity contribution in [2.45, 2.75) is 20.0 Å². The lowest BCUT2D eigenvalue weighted by Gasteiger charge is -2.13. The molecule has 0 aromatic heterocycles. The zero-order valence-electron chi connectivity index (χ0n) is 11.8. The lowest BCUT2D eigenvalue weighted by Crippen LogP contribution is -2.07. The van der Waals surface area contributed by atoms with Crippen LogP contribution in [0, 0.1) is 0 Å². The fraction of sp³-hybridized carbons (Fsp3) is 0.176. The highest BCUT2D eigenvalue weighted by Crippen LogP contribution is 2.46. The number of fused-ring (bicyclic) bond motifs is 3. The molecular weight excluding hydrogens is 268 g/mol. The Morgan fingerprint density at radius 3 is 2.33 bits per heavy atom. The van der Waals surface area contributed by atoms with E-state index in [1.165, 1.54) is 13.8 Å². The van der Waals surface area contributed by atoms with Crippen LogP contribution in [0.3, 0.4) is 0 Å². The SMILES string of the molecule is CC(=O)Oc1ccc2c(c1)-c1ccccc1C2OC(C)=O. The second-order valence-corrected chi connectivity index (χ2v) is 4.92. The summed E-state index contributed by atoms with van der Waals surface area (Å²) in [5, 5.41) is 0. The Hall–Kier alpha value is -2.62. The van der Waals surface area contributed by atoms with Crippen molar-refractivity contribution in [3.8, 4) is 16.9 Å². The number of carbonyl (C=O) groups excluding carboxylic acids is 2. The molecule has 1 unspecified atom stereocenters. The molecule has 0 radical (unpaired) electrons. The van der Waals surface area contributed by atoms with Crippen molar-refractivity contribution in [2.24, 2.45) is 0 Å². The third kappa shape index (κ3) is 2.40. The number of hydrogen-bond acceptors (Lipinski definition) is 4. The van der Waals surface area contributed by atoms with Gasteiger partial charge < -0.3 is 9.47 Å². The molecule has 21 heavy (non-hydrogen) atoms. The minimum atomic E-state index is -0.403. The summed E-state index contributed by atoms with van der Waals surface area (Å²) in [6.07, 6.45) is -0.403. The quantitative estimate of drug-likeness (QED) is 0.626. The minimum Gasteiger partial charge on any atom is -0.453 e. The predicted octanol–water partition coefficient (Wildman–Crippen LogP) is 3.24. The van der Waals surface area contributed by atoms with Gasteiger partial charge in [0.25, 0.3) is 0 Å². The van der Waals surface area contributed by atoms with Crippen molar-refractivity contribution in [1.29, 1.82) is 0 Å². The highest BCUT2D eigenvalue weighted by molar-refractivity contribution is 5.81. The molecule has 2 aromatic rings. The first-order chi connectivity index (χ1) is 10.1. The zero-order chi connectivity index (χ0) is 15.0. The largest absolute Gasteiger partial charge is 0.453 e. The smallest absolute Gasteiger partial charge is 0.308 e. The predicted molar refractivity (Wildman–Crippen MR) is 76.8 cm³/mol. The lowest BCUT2D eigenvalue weighted by atomic mass is 10.1. The van der Waals surface area contributed by atoms with Gasteiger partial charge in [-0.25, -0.2) is 0 Å². The average molecular weight is 282 g/mol. The number of esters is 2. The monoisotopic (exact) mass is 282 g/mol. The lowest BCUT2D eigenvalue weighted by molar-refractivity contribution is -0.144. The molecule has 0 amide bonds. The minimum absolute atomic E-state index is 0.327. The Labute approximate surface area is 122 Å². The Balaban J connectivity index is 2.11. The van der Waals surface area contributed by atoms with Crippen molar-refractivity contribution >= 4 is 11.9 Å². The van der Waals surface area contributed by atoms with Crippen LogP contribution in [-0.2, 0) is 14.3 Å². The molecule has 0 heterocycles. The van der Waals surface area contributed by atoms with E-state index in [9.17, 15) is 9.59 Å². The van der Waals surface area contributed by atoms with Crippen LogP contribution in [0.25, 0.3) is 11.1 Å². The van der Waals surface area contributed by atoms with Gasteiger partial charge in [0, 0.05) is 25.0 Å². The van der Waals surface area contributed by atoms with Gasteiger partial charge in [0.15, 0.2) is 6.10 Å².